The second-order valence-corrected chi connectivity index (χ2v) is 4.47. The van der Waals surface area contributed by atoms with E-state index in [9.17, 15) is 9.59 Å². The van der Waals surface area contributed by atoms with Gasteiger partial charge in [0, 0.05) is 12.1 Å². The number of carbonyl (C=O) groups is 2. The summed E-state index contributed by atoms with van der Waals surface area (Å²) >= 11 is 0. The van der Waals surface area contributed by atoms with E-state index in [4.69, 9.17) is 11.5 Å². The van der Waals surface area contributed by atoms with Crippen molar-refractivity contribution >= 4 is 11.8 Å². The molecule has 0 aromatic carbocycles. The van der Waals surface area contributed by atoms with Crippen molar-refractivity contribution in [2.75, 3.05) is 0 Å². The van der Waals surface area contributed by atoms with Crippen LogP contribution in [0.25, 0.3) is 0 Å². The van der Waals surface area contributed by atoms with E-state index < -0.39 is 0 Å². The molecule has 1 saturated heterocycles. The van der Waals surface area contributed by atoms with Gasteiger partial charge in [0.15, 0.2) is 0 Å². The molecule has 0 aliphatic carbocycles. The van der Waals surface area contributed by atoms with Gasteiger partial charge in [-0.15, -0.1) is 0 Å². The lowest BCUT2D eigenvalue weighted by molar-refractivity contribution is -0.135. The Morgan fingerprint density at radius 2 is 2.12 bits per heavy atom. The maximum Gasteiger partial charge on any atom is 0.234 e. The molecule has 0 aromatic rings. The van der Waals surface area contributed by atoms with Crippen molar-refractivity contribution in [2.45, 2.75) is 26.7 Å². The van der Waals surface area contributed by atoms with Crippen LogP contribution < -0.4 is 16.8 Å². The van der Waals surface area contributed by atoms with E-state index in [1.807, 2.05) is 13.8 Å². The molecule has 1 unspecified atom stereocenters. The average Bonchev–Trinajstić information content (AvgIpc) is 2.26. The van der Waals surface area contributed by atoms with Crippen molar-refractivity contribution in [3.63, 3.8) is 0 Å². The number of imide groups is 1. The van der Waals surface area contributed by atoms with E-state index in [0.29, 0.717) is 24.1 Å². The molecule has 0 radical (unpaired) electrons. The molecule has 0 spiro atoms. The maximum absolute atomic E-state index is 11.7. The fourth-order valence-electron chi connectivity index (χ4n) is 1.64. The van der Waals surface area contributed by atoms with Gasteiger partial charge in [-0.05, 0) is 30.2 Å². The second-order valence-electron chi connectivity index (χ2n) is 4.47. The van der Waals surface area contributed by atoms with Gasteiger partial charge < -0.3 is 11.5 Å². The Morgan fingerprint density at radius 1 is 1.47 bits per heavy atom. The van der Waals surface area contributed by atoms with Gasteiger partial charge in [0.1, 0.15) is 0 Å². The van der Waals surface area contributed by atoms with E-state index in [-0.39, 0.29) is 23.7 Å². The van der Waals surface area contributed by atoms with E-state index in [1.165, 1.54) is 6.20 Å². The van der Waals surface area contributed by atoms with Gasteiger partial charge in [0.05, 0.1) is 5.92 Å². The molecule has 5 heteroatoms. The molecule has 1 aliphatic rings. The zero-order chi connectivity index (χ0) is 13.0. The van der Waals surface area contributed by atoms with Crippen LogP contribution in [0.15, 0.2) is 23.5 Å². The largest absolute Gasteiger partial charge is 0.404 e. The van der Waals surface area contributed by atoms with Crippen LogP contribution >= 0.6 is 0 Å². The summed E-state index contributed by atoms with van der Waals surface area (Å²) < 4.78 is 0. The van der Waals surface area contributed by atoms with Gasteiger partial charge in [-0.3, -0.25) is 14.9 Å². The number of amides is 2. The number of rotatable bonds is 3. The Balaban J connectivity index is 2.86. The lowest BCUT2D eigenvalue weighted by atomic mass is 9.89. The molecule has 1 atom stereocenters. The van der Waals surface area contributed by atoms with E-state index in [0.717, 1.165) is 0 Å². The molecule has 5 nitrogen and oxygen atoms in total. The Morgan fingerprint density at radius 3 is 2.59 bits per heavy atom. The zero-order valence-corrected chi connectivity index (χ0v) is 10.2. The molecule has 94 valence electrons. The Labute approximate surface area is 101 Å². The molecule has 0 bridgehead atoms. The predicted molar refractivity (Wildman–Crippen MR) is 65.3 cm³/mol. The SMILES string of the molecule is CC(C)/C(N)=C/C(=C\N)C1CCC(=O)NC1=O. The molecular weight excluding hydrogens is 218 g/mol. The average molecular weight is 237 g/mol. The third-order valence-corrected chi connectivity index (χ3v) is 2.83. The minimum atomic E-state index is -0.380. The maximum atomic E-state index is 11.7. The van der Waals surface area contributed by atoms with Gasteiger partial charge in [0.2, 0.25) is 11.8 Å². The minimum absolute atomic E-state index is 0.193. The molecule has 1 fully saturated rings. The van der Waals surface area contributed by atoms with Crippen LogP contribution in [0.1, 0.15) is 26.7 Å². The number of hydrogen-bond donors (Lipinski definition) is 3. The monoisotopic (exact) mass is 237 g/mol. The van der Waals surface area contributed by atoms with Crippen molar-refractivity contribution in [3.8, 4) is 0 Å². The number of carbonyl (C=O) groups excluding carboxylic acids is 2. The van der Waals surface area contributed by atoms with Gasteiger partial charge >= 0.3 is 0 Å². The van der Waals surface area contributed by atoms with Crippen molar-refractivity contribution in [2.24, 2.45) is 23.3 Å². The molecule has 17 heavy (non-hydrogen) atoms. The van der Waals surface area contributed by atoms with Gasteiger partial charge in [-0.1, -0.05) is 13.8 Å². The van der Waals surface area contributed by atoms with Crippen LogP contribution in [0.3, 0.4) is 0 Å². The van der Waals surface area contributed by atoms with Crippen molar-refractivity contribution in [1.82, 2.24) is 5.32 Å². The lowest BCUT2D eigenvalue weighted by Crippen LogP contribution is -2.41. The van der Waals surface area contributed by atoms with E-state index in [1.54, 1.807) is 6.08 Å². The first-order chi connectivity index (χ1) is 7.95. The smallest absolute Gasteiger partial charge is 0.234 e. The summed E-state index contributed by atoms with van der Waals surface area (Å²) in [5, 5.41) is 2.30. The first kappa shape index (κ1) is 13.3. The van der Waals surface area contributed by atoms with Gasteiger partial charge in [-0.2, -0.15) is 0 Å². The van der Waals surface area contributed by atoms with Crippen LogP contribution in [0.2, 0.25) is 0 Å². The lowest BCUT2D eigenvalue weighted by Gasteiger charge is -2.22. The van der Waals surface area contributed by atoms with Crippen LogP contribution in [-0.2, 0) is 9.59 Å². The van der Waals surface area contributed by atoms with Crippen molar-refractivity contribution in [3.05, 3.63) is 23.5 Å². The summed E-state index contributed by atoms with van der Waals surface area (Å²) in [6.07, 6.45) is 3.93. The minimum Gasteiger partial charge on any atom is -0.404 e. The fraction of sp³-hybridized carbons (Fsp3) is 0.500. The highest BCUT2D eigenvalue weighted by molar-refractivity contribution is 6.00. The molecular formula is C12H19N3O2. The first-order valence-electron chi connectivity index (χ1n) is 5.68. The van der Waals surface area contributed by atoms with Crippen molar-refractivity contribution < 1.29 is 9.59 Å². The van der Waals surface area contributed by atoms with Gasteiger partial charge in [-0.25, -0.2) is 0 Å². The van der Waals surface area contributed by atoms with E-state index >= 15 is 0 Å². The zero-order valence-electron chi connectivity index (χ0n) is 10.2. The van der Waals surface area contributed by atoms with Crippen LogP contribution in [0.5, 0.6) is 0 Å². The molecule has 1 aliphatic heterocycles. The van der Waals surface area contributed by atoms with Crippen molar-refractivity contribution in [1.29, 1.82) is 0 Å². The Hall–Kier alpha value is -1.78. The number of allylic oxidation sites excluding steroid dienone is 2. The molecule has 1 rings (SSSR count). The fourth-order valence-corrected chi connectivity index (χ4v) is 1.64. The highest BCUT2D eigenvalue weighted by Crippen LogP contribution is 2.23. The summed E-state index contributed by atoms with van der Waals surface area (Å²) in [5.74, 6) is -0.720. The Bertz CT molecular complexity index is 383. The number of hydrogen-bond acceptors (Lipinski definition) is 4. The van der Waals surface area contributed by atoms with Crippen LogP contribution in [0.4, 0.5) is 0 Å². The van der Waals surface area contributed by atoms with Crippen LogP contribution in [-0.4, -0.2) is 11.8 Å². The third kappa shape index (κ3) is 3.34. The molecule has 2 amide bonds. The number of piperidine rings is 1. The quantitative estimate of drug-likeness (QED) is 0.488. The summed E-state index contributed by atoms with van der Waals surface area (Å²) in [4.78, 5) is 22.7. The number of nitrogens with two attached hydrogens (primary N) is 2. The Kier molecular flexibility index (Phi) is 4.31. The van der Waals surface area contributed by atoms with E-state index in [2.05, 4.69) is 5.32 Å². The number of nitrogens with one attached hydrogen (secondary N) is 1. The van der Waals surface area contributed by atoms with Gasteiger partial charge in [0.25, 0.3) is 0 Å². The summed E-state index contributed by atoms with van der Waals surface area (Å²) in [6, 6.07) is 0. The highest BCUT2D eigenvalue weighted by Gasteiger charge is 2.28. The molecule has 0 aromatic heterocycles. The molecule has 5 N–H and O–H groups in total. The first-order valence-corrected chi connectivity index (χ1v) is 5.68. The summed E-state index contributed by atoms with van der Waals surface area (Å²) in [6.45, 7) is 3.93. The standard InChI is InChI=1S/C12H19N3O2/c1-7(2)10(14)5-8(6-13)9-3-4-11(16)15-12(9)17/h5-7,9H,3-4,13-14H2,1-2H3,(H,15,16,17)/b8-6+,10-5-. The topological polar surface area (TPSA) is 98.2 Å². The molecule has 0 saturated carbocycles. The third-order valence-electron chi connectivity index (χ3n) is 2.83. The molecule has 1 heterocycles. The summed E-state index contributed by atoms with van der Waals surface area (Å²) in [5.41, 5.74) is 12.7. The van der Waals surface area contributed by atoms with Crippen LogP contribution in [0, 0.1) is 11.8 Å². The highest BCUT2D eigenvalue weighted by atomic mass is 16.2. The normalized spacial score (nSPS) is 22.9. The summed E-state index contributed by atoms with van der Waals surface area (Å²) in [7, 11) is 0. The predicted octanol–water partition coefficient (Wildman–Crippen LogP) is 0.380. The second kappa shape index (κ2) is 5.52.